The molecular weight excluding hydrogens is 548 g/mol. The number of aryl methyl sites for hydroxylation is 1. The Morgan fingerprint density at radius 3 is 1.95 bits per heavy atom. The van der Waals surface area contributed by atoms with E-state index in [-0.39, 0.29) is 11.3 Å². The quantitative estimate of drug-likeness (QED) is 0.101. The highest BCUT2D eigenvalue weighted by molar-refractivity contribution is 7.09. The van der Waals surface area contributed by atoms with Crippen LogP contribution in [0, 0.1) is 6.92 Å². The van der Waals surface area contributed by atoms with E-state index in [9.17, 15) is 4.79 Å². The molecule has 5 heteroatoms. The topological polar surface area (TPSA) is 33.4 Å². The molecule has 1 aromatic heterocycles. The van der Waals surface area contributed by atoms with Crippen molar-refractivity contribution in [1.82, 2.24) is 0 Å². The first-order valence-electron chi connectivity index (χ1n) is 16.7. The third kappa shape index (κ3) is 12.5. The lowest BCUT2D eigenvalue weighted by Crippen LogP contribution is -2.31. The minimum Gasteiger partial charge on any atom is -0.493 e. The predicted octanol–water partition coefficient (Wildman–Crippen LogP) is 10.3. The first kappa shape index (κ1) is 34.8. The van der Waals surface area contributed by atoms with Crippen LogP contribution in [0.4, 0.5) is 5.69 Å². The summed E-state index contributed by atoms with van der Waals surface area (Å²) in [5.41, 5.74) is 6.57. The lowest BCUT2D eigenvalue weighted by Gasteiger charge is -2.25. The van der Waals surface area contributed by atoms with Crippen LogP contribution in [0.5, 0.6) is 5.75 Å². The van der Waals surface area contributed by atoms with Crippen molar-refractivity contribution in [3.63, 3.8) is 0 Å². The molecule has 0 atom stereocenters. The Kier molecular flexibility index (Phi) is 14.8. The second-order valence-corrected chi connectivity index (χ2v) is 14.3. The fourth-order valence-corrected chi connectivity index (χ4v) is 6.25. The molecule has 0 bridgehead atoms. The predicted molar refractivity (Wildman–Crippen MR) is 183 cm³/mol. The average molecular weight is 606 g/mol. The Bertz CT molecular complexity index is 1230. The molecule has 1 amide bonds. The van der Waals surface area contributed by atoms with E-state index in [1.165, 1.54) is 86.6 Å². The van der Waals surface area contributed by atoms with Gasteiger partial charge in [-0.1, -0.05) is 134 Å². The zero-order chi connectivity index (χ0) is 31.1. The molecule has 0 N–H and O–H groups in total. The fraction of sp³-hybridized carbons (Fsp3) is 0.579. The highest BCUT2D eigenvalue weighted by Crippen LogP contribution is 2.33. The SMILES string of the molecule is CCCCCCCCCCCCCCOc1cc(CN(C(C)=O)c2ccc(C[n+]3csc(C)c3)cc2)ccc1C(C)(C)C. The van der Waals surface area contributed by atoms with Gasteiger partial charge in [0.05, 0.1) is 18.0 Å². The Balaban J connectivity index is 1.52. The summed E-state index contributed by atoms with van der Waals surface area (Å²) in [7, 11) is 0. The van der Waals surface area contributed by atoms with Crippen molar-refractivity contribution in [2.45, 2.75) is 137 Å². The lowest BCUT2D eigenvalue weighted by molar-refractivity contribution is -0.683. The van der Waals surface area contributed by atoms with Gasteiger partial charge in [-0.25, -0.2) is 0 Å². The molecule has 3 aromatic rings. The maximum atomic E-state index is 12.7. The molecule has 0 unspecified atom stereocenters. The Morgan fingerprint density at radius 1 is 0.837 bits per heavy atom. The van der Waals surface area contributed by atoms with Crippen LogP contribution in [0.2, 0.25) is 0 Å². The third-order valence-corrected chi connectivity index (χ3v) is 9.02. The van der Waals surface area contributed by atoms with Gasteiger partial charge in [0.2, 0.25) is 11.4 Å². The van der Waals surface area contributed by atoms with Crippen LogP contribution >= 0.6 is 11.3 Å². The Hall–Kier alpha value is -2.66. The number of carbonyl (C=O) groups excluding carboxylic acids is 1. The molecule has 0 saturated heterocycles. The summed E-state index contributed by atoms with van der Waals surface area (Å²) in [6.07, 6.45) is 18.2. The number of hydrogen-bond donors (Lipinski definition) is 0. The van der Waals surface area contributed by atoms with E-state index in [0.717, 1.165) is 36.6 Å². The third-order valence-electron chi connectivity index (χ3n) is 8.17. The van der Waals surface area contributed by atoms with E-state index in [0.29, 0.717) is 6.54 Å². The smallest absolute Gasteiger partial charge is 0.225 e. The van der Waals surface area contributed by atoms with Crippen molar-refractivity contribution < 1.29 is 14.1 Å². The van der Waals surface area contributed by atoms with Crippen LogP contribution in [0.15, 0.2) is 54.2 Å². The molecule has 0 aliphatic rings. The molecule has 2 aromatic carbocycles. The zero-order valence-electron chi connectivity index (χ0n) is 27.9. The molecule has 236 valence electrons. The second kappa shape index (κ2) is 18.2. The van der Waals surface area contributed by atoms with E-state index >= 15 is 0 Å². The molecule has 1 heterocycles. The number of rotatable bonds is 19. The molecular formula is C38H57N2O2S+. The monoisotopic (exact) mass is 605 g/mol. The molecule has 43 heavy (non-hydrogen) atoms. The van der Waals surface area contributed by atoms with Crippen LogP contribution in [-0.2, 0) is 23.3 Å². The molecule has 0 radical (unpaired) electrons. The van der Waals surface area contributed by atoms with E-state index in [2.05, 4.69) is 93.4 Å². The van der Waals surface area contributed by atoms with Crippen molar-refractivity contribution >= 4 is 22.9 Å². The number of nitrogens with zero attached hydrogens (tertiary/aromatic N) is 2. The largest absolute Gasteiger partial charge is 0.493 e. The van der Waals surface area contributed by atoms with Crippen molar-refractivity contribution in [3.8, 4) is 5.75 Å². The number of amides is 1. The maximum Gasteiger partial charge on any atom is 0.225 e. The summed E-state index contributed by atoms with van der Waals surface area (Å²) < 4.78 is 8.61. The van der Waals surface area contributed by atoms with E-state index in [1.807, 2.05) is 4.90 Å². The minimum absolute atomic E-state index is 0.0144. The maximum absolute atomic E-state index is 12.7. The van der Waals surface area contributed by atoms with Gasteiger partial charge in [0, 0.05) is 18.2 Å². The number of thiazole rings is 1. The van der Waals surface area contributed by atoms with E-state index in [1.54, 1.807) is 18.3 Å². The Morgan fingerprint density at radius 2 is 1.42 bits per heavy atom. The molecule has 0 fully saturated rings. The summed E-state index contributed by atoms with van der Waals surface area (Å²) >= 11 is 1.75. The van der Waals surface area contributed by atoms with Gasteiger partial charge in [0.1, 0.15) is 5.75 Å². The van der Waals surface area contributed by atoms with Crippen LogP contribution in [-0.4, -0.2) is 12.5 Å². The van der Waals surface area contributed by atoms with Gasteiger partial charge in [-0.15, -0.1) is 0 Å². The first-order chi connectivity index (χ1) is 20.7. The first-order valence-corrected chi connectivity index (χ1v) is 17.6. The number of ether oxygens (including phenoxy) is 1. The van der Waals surface area contributed by atoms with Crippen molar-refractivity contribution in [2.75, 3.05) is 11.5 Å². The standard InChI is InChI=1S/C38H57N2O2S/c1-7-8-9-10-11-12-13-14-15-16-17-18-25-42-37-26-34(21-24-36(37)38(4,5)6)29-40(32(3)41)35-22-19-33(20-23-35)28-39-27-31(2)43-30-39/h19-24,26-27,30H,7-18,25,28-29H2,1-6H3/q+1. The van der Waals surface area contributed by atoms with E-state index in [4.69, 9.17) is 4.74 Å². The van der Waals surface area contributed by atoms with E-state index < -0.39 is 0 Å². The van der Waals surface area contributed by atoms with Gasteiger partial charge in [-0.05, 0) is 48.1 Å². The van der Waals surface area contributed by atoms with Gasteiger partial charge in [-0.3, -0.25) is 4.79 Å². The number of hydrogen-bond acceptors (Lipinski definition) is 3. The molecule has 0 aliphatic heterocycles. The number of aromatic nitrogens is 1. The molecule has 0 saturated carbocycles. The average Bonchev–Trinajstić information content (AvgIpc) is 3.38. The summed E-state index contributed by atoms with van der Waals surface area (Å²) in [4.78, 5) is 15.9. The number of unbranched alkanes of at least 4 members (excludes halogenated alkanes) is 11. The van der Waals surface area contributed by atoms with Crippen molar-refractivity contribution in [1.29, 1.82) is 0 Å². The second-order valence-electron chi connectivity index (χ2n) is 13.2. The van der Waals surface area contributed by atoms with Crippen LogP contribution in [0.3, 0.4) is 0 Å². The number of anilines is 1. The summed E-state index contributed by atoms with van der Waals surface area (Å²) in [6, 6.07) is 14.9. The van der Waals surface area contributed by atoms with Crippen LogP contribution < -0.4 is 14.2 Å². The van der Waals surface area contributed by atoms with Gasteiger partial charge < -0.3 is 9.64 Å². The summed E-state index contributed by atoms with van der Waals surface area (Å²) in [6.45, 7) is 14.8. The van der Waals surface area contributed by atoms with Gasteiger partial charge in [0.15, 0.2) is 12.7 Å². The number of carbonyl (C=O) groups is 1. The minimum atomic E-state index is -0.0144. The van der Waals surface area contributed by atoms with Gasteiger partial charge in [0.25, 0.3) is 0 Å². The highest BCUT2D eigenvalue weighted by atomic mass is 32.1. The fourth-order valence-electron chi connectivity index (χ4n) is 5.62. The Labute approximate surface area is 266 Å². The lowest BCUT2D eigenvalue weighted by atomic mass is 9.85. The van der Waals surface area contributed by atoms with Crippen molar-refractivity contribution in [3.05, 3.63) is 75.7 Å². The molecule has 3 rings (SSSR count). The summed E-state index contributed by atoms with van der Waals surface area (Å²) in [5.74, 6) is 0.990. The van der Waals surface area contributed by atoms with Gasteiger partial charge in [-0.2, -0.15) is 4.57 Å². The van der Waals surface area contributed by atoms with Gasteiger partial charge >= 0.3 is 0 Å². The van der Waals surface area contributed by atoms with Crippen LogP contribution in [0.25, 0.3) is 0 Å². The highest BCUT2D eigenvalue weighted by Gasteiger charge is 2.21. The zero-order valence-corrected chi connectivity index (χ0v) is 28.7. The van der Waals surface area contributed by atoms with Crippen molar-refractivity contribution in [2.24, 2.45) is 0 Å². The van der Waals surface area contributed by atoms with Crippen LogP contribution in [0.1, 0.15) is 133 Å². The molecule has 0 spiro atoms. The normalized spacial score (nSPS) is 11.6. The molecule has 4 nitrogen and oxygen atoms in total. The summed E-state index contributed by atoms with van der Waals surface area (Å²) in [5, 5.41) is 0. The number of benzene rings is 2. The molecule has 0 aliphatic carbocycles.